The van der Waals surface area contributed by atoms with Gasteiger partial charge in [0, 0.05) is 40.8 Å². The fourth-order valence-electron chi connectivity index (χ4n) is 4.58. The van der Waals surface area contributed by atoms with E-state index in [1.54, 1.807) is 29.0 Å². The van der Waals surface area contributed by atoms with Gasteiger partial charge in [-0.2, -0.15) is 0 Å². The molecular weight excluding hydrogens is 410 g/mol. The van der Waals surface area contributed by atoms with Crippen molar-refractivity contribution in [3.8, 4) is 16.8 Å². The number of pyridine rings is 2. The van der Waals surface area contributed by atoms with Crippen LogP contribution in [0.2, 0.25) is 0 Å². The summed E-state index contributed by atoms with van der Waals surface area (Å²) in [6.45, 7) is 3.63. The van der Waals surface area contributed by atoms with Gasteiger partial charge in [-0.3, -0.25) is 19.1 Å². The Morgan fingerprint density at radius 3 is 2.45 bits per heavy atom. The van der Waals surface area contributed by atoms with E-state index in [1.165, 1.54) is 25.9 Å². The van der Waals surface area contributed by atoms with Gasteiger partial charge in [0.2, 0.25) is 0 Å². The maximum Gasteiger partial charge on any atom is 0.255 e. The molecule has 1 aliphatic heterocycles. The van der Waals surface area contributed by atoms with Gasteiger partial charge in [0.25, 0.3) is 5.56 Å². The standard InChI is InChI=1S/C28H27N3O2/c32-20-21-5-7-22(8-6-21)24-11-15-31(28(33)18-24)27-10-9-23-16-26(29-19-25(23)17-27)4-3-14-30-12-1-2-13-30/h5-11,15-20H,1-4,12-14H2. The molecule has 1 fully saturated rings. The van der Waals surface area contributed by atoms with Crippen LogP contribution in [0.3, 0.4) is 0 Å². The zero-order valence-corrected chi connectivity index (χ0v) is 18.6. The molecule has 1 aliphatic rings. The van der Waals surface area contributed by atoms with Crippen molar-refractivity contribution < 1.29 is 4.79 Å². The molecule has 1 saturated heterocycles. The Kier molecular flexibility index (Phi) is 6.13. The zero-order valence-electron chi connectivity index (χ0n) is 18.6. The molecule has 2 aromatic heterocycles. The molecule has 0 aliphatic carbocycles. The summed E-state index contributed by atoms with van der Waals surface area (Å²) in [5, 5.41) is 2.17. The van der Waals surface area contributed by atoms with Gasteiger partial charge in [-0.15, -0.1) is 0 Å². The molecule has 0 N–H and O–H groups in total. The van der Waals surface area contributed by atoms with E-state index in [0.717, 1.165) is 59.0 Å². The molecule has 0 saturated carbocycles. The molecule has 4 aromatic rings. The minimum absolute atomic E-state index is 0.0993. The number of likely N-dealkylation sites (tertiary alicyclic amines) is 1. The summed E-state index contributed by atoms with van der Waals surface area (Å²) in [7, 11) is 0. The number of benzene rings is 2. The van der Waals surface area contributed by atoms with Crippen molar-refractivity contribution in [1.82, 2.24) is 14.5 Å². The molecule has 33 heavy (non-hydrogen) atoms. The third-order valence-electron chi connectivity index (χ3n) is 6.45. The lowest BCUT2D eigenvalue weighted by Crippen LogP contribution is -2.20. The van der Waals surface area contributed by atoms with Crippen molar-refractivity contribution in [3.63, 3.8) is 0 Å². The van der Waals surface area contributed by atoms with E-state index in [2.05, 4.69) is 22.0 Å². The minimum atomic E-state index is -0.0993. The van der Waals surface area contributed by atoms with Crippen molar-refractivity contribution >= 4 is 17.1 Å². The van der Waals surface area contributed by atoms with E-state index in [0.29, 0.717) is 5.56 Å². The predicted molar refractivity (Wildman–Crippen MR) is 132 cm³/mol. The SMILES string of the molecule is O=Cc1ccc(-c2ccn(-c3ccc4cc(CCCN5CCCC5)ncc4c3)c(=O)c2)cc1. The number of aromatic nitrogens is 2. The molecule has 5 heteroatoms. The summed E-state index contributed by atoms with van der Waals surface area (Å²) in [6.07, 6.45) is 9.31. The van der Waals surface area contributed by atoms with Gasteiger partial charge in [0.05, 0.1) is 0 Å². The van der Waals surface area contributed by atoms with Crippen LogP contribution in [0, 0.1) is 0 Å². The van der Waals surface area contributed by atoms with Crippen molar-refractivity contribution in [2.45, 2.75) is 25.7 Å². The van der Waals surface area contributed by atoms with E-state index in [9.17, 15) is 9.59 Å². The highest BCUT2D eigenvalue weighted by Gasteiger charge is 2.11. The van der Waals surface area contributed by atoms with E-state index < -0.39 is 0 Å². The first kappa shape index (κ1) is 21.3. The first-order chi connectivity index (χ1) is 16.2. The molecule has 3 heterocycles. The Hall–Kier alpha value is -3.57. The molecule has 0 spiro atoms. The average Bonchev–Trinajstić information content (AvgIpc) is 3.37. The number of rotatable bonds is 7. The number of carbonyl (C=O) groups excluding carboxylic acids is 1. The Balaban J connectivity index is 1.33. The summed E-state index contributed by atoms with van der Waals surface area (Å²) >= 11 is 0. The van der Waals surface area contributed by atoms with E-state index in [4.69, 9.17) is 0 Å². The Labute approximate surface area is 193 Å². The van der Waals surface area contributed by atoms with E-state index in [1.807, 2.05) is 36.5 Å². The van der Waals surface area contributed by atoms with Crippen molar-refractivity contribution in [1.29, 1.82) is 0 Å². The maximum absolute atomic E-state index is 12.8. The van der Waals surface area contributed by atoms with Crippen molar-refractivity contribution in [3.05, 3.63) is 94.7 Å². The van der Waals surface area contributed by atoms with Crippen LogP contribution in [-0.2, 0) is 6.42 Å². The first-order valence-electron chi connectivity index (χ1n) is 11.6. The number of nitrogens with zero attached hydrogens (tertiary/aromatic N) is 3. The van der Waals surface area contributed by atoms with Gasteiger partial charge in [-0.05, 0) is 86.1 Å². The number of hydrogen-bond donors (Lipinski definition) is 0. The first-order valence-corrected chi connectivity index (χ1v) is 11.6. The monoisotopic (exact) mass is 437 g/mol. The topological polar surface area (TPSA) is 55.2 Å². The number of hydrogen-bond acceptors (Lipinski definition) is 4. The van der Waals surface area contributed by atoms with E-state index >= 15 is 0 Å². The molecule has 0 unspecified atom stereocenters. The molecule has 5 rings (SSSR count). The van der Waals surface area contributed by atoms with Crippen molar-refractivity contribution in [2.75, 3.05) is 19.6 Å². The van der Waals surface area contributed by atoms with Gasteiger partial charge in [0.15, 0.2) is 0 Å². The van der Waals surface area contributed by atoms with Gasteiger partial charge >= 0.3 is 0 Å². The van der Waals surface area contributed by atoms with Crippen LogP contribution >= 0.6 is 0 Å². The summed E-state index contributed by atoms with van der Waals surface area (Å²) in [4.78, 5) is 30.9. The molecule has 0 bridgehead atoms. The van der Waals surface area contributed by atoms with Gasteiger partial charge < -0.3 is 4.90 Å². The zero-order chi connectivity index (χ0) is 22.6. The predicted octanol–water partition coefficient (Wildman–Crippen LogP) is 4.89. The molecule has 5 nitrogen and oxygen atoms in total. The Morgan fingerprint density at radius 1 is 0.879 bits per heavy atom. The van der Waals surface area contributed by atoms with E-state index in [-0.39, 0.29) is 5.56 Å². The second-order valence-corrected chi connectivity index (χ2v) is 8.72. The fourth-order valence-corrected chi connectivity index (χ4v) is 4.58. The molecule has 0 atom stereocenters. The molecule has 2 aromatic carbocycles. The number of aryl methyl sites for hydroxylation is 1. The average molecular weight is 438 g/mol. The maximum atomic E-state index is 12.8. The second kappa shape index (κ2) is 9.51. The van der Waals surface area contributed by atoms with Crippen LogP contribution in [0.4, 0.5) is 0 Å². The second-order valence-electron chi connectivity index (χ2n) is 8.72. The smallest absolute Gasteiger partial charge is 0.255 e. The molecule has 0 radical (unpaired) electrons. The van der Waals surface area contributed by atoms with Crippen LogP contribution < -0.4 is 5.56 Å². The van der Waals surface area contributed by atoms with Crippen LogP contribution in [0.25, 0.3) is 27.6 Å². The summed E-state index contributed by atoms with van der Waals surface area (Å²) in [6, 6.07) is 19.0. The third-order valence-corrected chi connectivity index (χ3v) is 6.45. The van der Waals surface area contributed by atoms with Gasteiger partial charge in [-0.1, -0.05) is 30.3 Å². The lowest BCUT2D eigenvalue weighted by atomic mass is 10.1. The minimum Gasteiger partial charge on any atom is -0.303 e. The van der Waals surface area contributed by atoms with Crippen LogP contribution in [0.1, 0.15) is 35.3 Å². The Bertz CT molecular complexity index is 1340. The highest BCUT2D eigenvalue weighted by molar-refractivity contribution is 5.84. The van der Waals surface area contributed by atoms with Crippen LogP contribution in [0.5, 0.6) is 0 Å². The molecule has 166 valence electrons. The van der Waals surface area contributed by atoms with Gasteiger partial charge in [-0.25, -0.2) is 0 Å². The Morgan fingerprint density at radius 2 is 1.70 bits per heavy atom. The summed E-state index contributed by atoms with van der Waals surface area (Å²) in [5.41, 5.74) is 4.19. The lowest BCUT2D eigenvalue weighted by Gasteiger charge is -2.14. The lowest BCUT2D eigenvalue weighted by molar-refractivity contribution is 0.112. The normalized spacial score (nSPS) is 14.1. The largest absolute Gasteiger partial charge is 0.303 e. The quantitative estimate of drug-likeness (QED) is 0.386. The molecule has 0 amide bonds. The van der Waals surface area contributed by atoms with Gasteiger partial charge in [0.1, 0.15) is 6.29 Å². The van der Waals surface area contributed by atoms with Crippen LogP contribution in [0.15, 0.2) is 77.9 Å². The summed E-state index contributed by atoms with van der Waals surface area (Å²) < 4.78 is 1.65. The number of fused-ring (bicyclic) bond motifs is 1. The fraction of sp³-hybridized carbons (Fsp3) is 0.250. The molecular formula is C28H27N3O2. The highest BCUT2D eigenvalue weighted by atomic mass is 16.1. The van der Waals surface area contributed by atoms with Crippen molar-refractivity contribution in [2.24, 2.45) is 0 Å². The highest BCUT2D eigenvalue weighted by Crippen LogP contribution is 2.21. The third kappa shape index (κ3) is 4.78. The number of carbonyl (C=O) groups is 1. The summed E-state index contributed by atoms with van der Waals surface area (Å²) in [5.74, 6) is 0. The number of aldehydes is 1. The van der Waals surface area contributed by atoms with Crippen LogP contribution in [-0.4, -0.2) is 40.4 Å².